The van der Waals surface area contributed by atoms with Gasteiger partial charge in [-0.15, -0.1) is 0 Å². The molecular formula is C17H20N2O2. The predicted molar refractivity (Wildman–Crippen MR) is 84.0 cm³/mol. The van der Waals surface area contributed by atoms with Crippen molar-refractivity contribution in [3.8, 4) is 5.75 Å². The van der Waals surface area contributed by atoms with Gasteiger partial charge in [-0.2, -0.15) is 0 Å². The maximum atomic E-state index is 11.8. The number of aryl methyl sites for hydroxylation is 1. The van der Waals surface area contributed by atoms with Crippen LogP contribution in [0.5, 0.6) is 5.75 Å². The van der Waals surface area contributed by atoms with Gasteiger partial charge in [0.2, 0.25) is 5.91 Å². The average molecular weight is 284 g/mol. The molecule has 0 heterocycles. The zero-order valence-corrected chi connectivity index (χ0v) is 12.1. The van der Waals surface area contributed by atoms with Crippen LogP contribution in [0.1, 0.15) is 17.5 Å². The standard InChI is InChI=1S/C17H20N2O2/c1-21-16-9-4-14(5-10-16)12-19-17(20)11-6-13-2-7-15(18)8-3-13/h2-5,7-10H,6,11-12,18H2,1H3,(H,19,20). The minimum Gasteiger partial charge on any atom is -0.497 e. The van der Waals surface area contributed by atoms with Crippen LogP contribution in [0.3, 0.4) is 0 Å². The van der Waals surface area contributed by atoms with Crippen LogP contribution in [-0.2, 0) is 17.8 Å². The average Bonchev–Trinajstić information content (AvgIpc) is 2.53. The molecule has 21 heavy (non-hydrogen) atoms. The summed E-state index contributed by atoms with van der Waals surface area (Å²) in [6.45, 7) is 0.532. The van der Waals surface area contributed by atoms with Crippen LogP contribution in [-0.4, -0.2) is 13.0 Å². The largest absolute Gasteiger partial charge is 0.497 e. The Balaban J connectivity index is 1.75. The van der Waals surface area contributed by atoms with Gasteiger partial charge in [0.25, 0.3) is 0 Å². The number of amides is 1. The Kier molecular flexibility index (Phi) is 5.21. The normalized spacial score (nSPS) is 10.1. The van der Waals surface area contributed by atoms with Gasteiger partial charge in [0.15, 0.2) is 0 Å². The van der Waals surface area contributed by atoms with E-state index in [2.05, 4.69) is 5.32 Å². The van der Waals surface area contributed by atoms with Gasteiger partial charge in [0.05, 0.1) is 7.11 Å². The molecule has 0 fully saturated rings. The molecule has 0 aliphatic rings. The maximum absolute atomic E-state index is 11.8. The summed E-state index contributed by atoms with van der Waals surface area (Å²) in [7, 11) is 1.63. The Morgan fingerprint density at radius 3 is 2.29 bits per heavy atom. The molecule has 0 aliphatic carbocycles. The summed E-state index contributed by atoms with van der Waals surface area (Å²) in [6.07, 6.45) is 1.19. The molecule has 0 radical (unpaired) electrons. The van der Waals surface area contributed by atoms with Crippen LogP contribution >= 0.6 is 0 Å². The number of methoxy groups -OCH3 is 1. The van der Waals surface area contributed by atoms with Gasteiger partial charge in [0.1, 0.15) is 5.75 Å². The van der Waals surface area contributed by atoms with Crippen molar-refractivity contribution >= 4 is 11.6 Å². The van der Waals surface area contributed by atoms with Gasteiger partial charge in [-0.25, -0.2) is 0 Å². The van der Waals surface area contributed by atoms with E-state index < -0.39 is 0 Å². The highest BCUT2D eigenvalue weighted by Crippen LogP contribution is 2.11. The summed E-state index contributed by atoms with van der Waals surface area (Å²) >= 11 is 0. The van der Waals surface area contributed by atoms with E-state index in [9.17, 15) is 4.79 Å². The fourth-order valence-electron chi connectivity index (χ4n) is 1.97. The van der Waals surface area contributed by atoms with Crippen molar-refractivity contribution in [2.24, 2.45) is 0 Å². The zero-order valence-electron chi connectivity index (χ0n) is 12.1. The number of anilines is 1. The van der Waals surface area contributed by atoms with Gasteiger partial charge in [-0.3, -0.25) is 4.79 Å². The summed E-state index contributed by atoms with van der Waals surface area (Å²) in [5.74, 6) is 0.857. The van der Waals surface area contributed by atoms with Gasteiger partial charge in [0, 0.05) is 18.7 Å². The zero-order chi connectivity index (χ0) is 15.1. The van der Waals surface area contributed by atoms with E-state index in [-0.39, 0.29) is 5.91 Å². The Morgan fingerprint density at radius 2 is 1.67 bits per heavy atom. The number of nitrogen functional groups attached to an aromatic ring is 1. The number of hydrogen-bond acceptors (Lipinski definition) is 3. The second-order valence-corrected chi connectivity index (χ2v) is 4.87. The molecule has 0 atom stereocenters. The lowest BCUT2D eigenvalue weighted by atomic mass is 10.1. The molecule has 4 heteroatoms. The lowest BCUT2D eigenvalue weighted by molar-refractivity contribution is -0.121. The molecule has 0 aromatic heterocycles. The summed E-state index contributed by atoms with van der Waals surface area (Å²) < 4.78 is 5.09. The molecule has 0 aliphatic heterocycles. The molecule has 2 aromatic carbocycles. The number of rotatable bonds is 6. The third-order valence-corrected chi connectivity index (χ3v) is 3.27. The molecule has 2 rings (SSSR count). The third-order valence-electron chi connectivity index (χ3n) is 3.27. The fourth-order valence-corrected chi connectivity index (χ4v) is 1.97. The first kappa shape index (κ1) is 14.9. The Labute approximate surface area is 124 Å². The highest BCUT2D eigenvalue weighted by Gasteiger charge is 2.03. The second kappa shape index (κ2) is 7.33. The molecule has 110 valence electrons. The van der Waals surface area contributed by atoms with Crippen molar-refractivity contribution in [2.45, 2.75) is 19.4 Å². The maximum Gasteiger partial charge on any atom is 0.220 e. The number of benzene rings is 2. The molecular weight excluding hydrogens is 264 g/mol. The van der Waals surface area contributed by atoms with Gasteiger partial charge in [-0.1, -0.05) is 24.3 Å². The van der Waals surface area contributed by atoms with Crippen molar-refractivity contribution in [3.05, 3.63) is 59.7 Å². The van der Waals surface area contributed by atoms with E-state index in [1.165, 1.54) is 0 Å². The van der Waals surface area contributed by atoms with E-state index in [1.807, 2.05) is 48.5 Å². The van der Waals surface area contributed by atoms with Crippen LogP contribution in [0.2, 0.25) is 0 Å². The van der Waals surface area contributed by atoms with Crippen LogP contribution in [0.25, 0.3) is 0 Å². The van der Waals surface area contributed by atoms with E-state index in [0.717, 1.165) is 22.6 Å². The fraction of sp³-hybridized carbons (Fsp3) is 0.235. The van der Waals surface area contributed by atoms with Crippen molar-refractivity contribution in [1.29, 1.82) is 0 Å². The van der Waals surface area contributed by atoms with Crippen molar-refractivity contribution in [2.75, 3.05) is 12.8 Å². The van der Waals surface area contributed by atoms with Crippen LogP contribution in [0.4, 0.5) is 5.69 Å². The highest BCUT2D eigenvalue weighted by molar-refractivity contribution is 5.76. The summed E-state index contributed by atoms with van der Waals surface area (Å²) in [5, 5.41) is 2.91. The molecule has 3 N–H and O–H groups in total. The topological polar surface area (TPSA) is 64.3 Å². The van der Waals surface area contributed by atoms with Crippen molar-refractivity contribution < 1.29 is 9.53 Å². The molecule has 1 amide bonds. The van der Waals surface area contributed by atoms with Crippen molar-refractivity contribution in [3.63, 3.8) is 0 Å². The molecule has 0 spiro atoms. The van der Waals surface area contributed by atoms with Crippen molar-refractivity contribution in [1.82, 2.24) is 5.32 Å². The van der Waals surface area contributed by atoms with Gasteiger partial charge in [-0.05, 0) is 41.8 Å². The minimum absolute atomic E-state index is 0.0441. The first-order valence-corrected chi connectivity index (χ1v) is 6.91. The first-order valence-electron chi connectivity index (χ1n) is 6.91. The summed E-state index contributed by atoms with van der Waals surface area (Å²) in [6, 6.07) is 15.3. The molecule has 0 unspecified atom stereocenters. The molecule has 0 bridgehead atoms. The quantitative estimate of drug-likeness (QED) is 0.801. The number of ether oxygens (including phenoxy) is 1. The number of nitrogens with one attached hydrogen (secondary N) is 1. The molecule has 2 aromatic rings. The lowest BCUT2D eigenvalue weighted by Crippen LogP contribution is -2.22. The smallest absolute Gasteiger partial charge is 0.220 e. The van der Waals surface area contributed by atoms with E-state index in [1.54, 1.807) is 7.11 Å². The molecule has 0 saturated heterocycles. The van der Waals surface area contributed by atoms with E-state index in [4.69, 9.17) is 10.5 Å². The first-order chi connectivity index (χ1) is 10.2. The second-order valence-electron chi connectivity index (χ2n) is 4.87. The minimum atomic E-state index is 0.0441. The number of carbonyl (C=O) groups is 1. The van der Waals surface area contributed by atoms with Crippen LogP contribution in [0.15, 0.2) is 48.5 Å². The number of nitrogens with two attached hydrogens (primary N) is 1. The van der Waals surface area contributed by atoms with E-state index >= 15 is 0 Å². The van der Waals surface area contributed by atoms with Gasteiger partial charge >= 0.3 is 0 Å². The lowest BCUT2D eigenvalue weighted by Gasteiger charge is -2.07. The predicted octanol–water partition coefficient (Wildman–Crippen LogP) is 2.53. The summed E-state index contributed by atoms with van der Waals surface area (Å²) in [4.78, 5) is 11.8. The molecule has 4 nitrogen and oxygen atoms in total. The van der Waals surface area contributed by atoms with Crippen LogP contribution < -0.4 is 15.8 Å². The third kappa shape index (κ3) is 4.84. The number of hydrogen-bond donors (Lipinski definition) is 2. The Morgan fingerprint density at radius 1 is 1.05 bits per heavy atom. The van der Waals surface area contributed by atoms with Crippen LogP contribution in [0, 0.1) is 0 Å². The summed E-state index contributed by atoms with van der Waals surface area (Å²) in [5.41, 5.74) is 8.53. The number of carbonyl (C=O) groups excluding carboxylic acids is 1. The Hall–Kier alpha value is -2.49. The van der Waals surface area contributed by atoms with Gasteiger partial charge < -0.3 is 15.8 Å². The highest BCUT2D eigenvalue weighted by atomic mass is 16.5. The van der Waals surface area contributed by atoms with E-state index in [0.29, 0.717) is 19.4 Å². The SMILES string of the molecule is COc1ccc(CNC(=O)CCc2ccc(N)cc2)cc1. The molecule has 0 saturated carbocycles. The Bertz CT molecular complexity index is 577. The monoisotopic (exact) mass is 284 g/mol.